The van der Waals surface area contributed by atoms with E-state index in [-0.39, 0.29) is 47.7 Å². The van der Waals surface area contributed by atoms with Gasteiger partial charge in [-0.2, -0.15) is 0 Å². The van der Waals surface area contributed by atoms with E-state index in [9.17, 15) is 9.59 Å². The lowest BCUT2D eigenvalue weighted by Gasteiger charge is -2.33. The highest BCUT2D eigenvalue weighted by Crippen LogP contribution is 2.19. The van der Waals surface area contributed by atoms with Crippen LogP contribution in [-0.2, 0) is 20.9 Å². The van der Waals surface area contributed by atoms with Crippen LogP contribution in [0.3, 0.4) is 0 Å². The van der Waals surface area contributed by atoms with Gasteiger partial charge in [-0.05, 0) is 43.9 Å². The zero-order chi connectivity index (χ0) is 21.2. The fourth-order valence-electron chi connectivity index (χ4n) is 3.31. The summed E-state index contributed by atoms with van der Waals surface area (Å²) < 4.78 is 5.14. The number of aliphatic imine (C=N–C) groups is 1. The van der Waals surface area contributed by atoms with Crippen molar-refractivity contribution in [1.29, 1.82) is 0 Å². The van der Waals surface area contributed by atoms with Crippen molar-refractivity contribution in [3.63, 3.8) is 0 Å². The van der Waals surface area contributed by atoms with Crippen LogP contribution in [0.2, 0.25) is 0 Å². The van der Waals surface area contributed by atoms with Gasteiger partial charge in [-0.3, -0.25) is 14.6 Å². The molecule has 1 aromatic rings. The van der Waals surface area contributed by atoms with E-state index < -0.39 is 0 Å². The minimum absolute atomic E-state index is 0. The molecule has 30 heavy (non-hydrogen) atoms. The van der Waals surface area contributed by atoms with Crippen LogP contribution in [0.15, 0.2) is 29.3 Å². The second kappa shape index (κ2) is 13.5. The van der Waals surface area contributed by atoms with Gasteiger partial charge in [0.05, 0.1) is 12.5 Å². The molecule has 1 fully saturated rings. The summed E-state index contributed by atoms with van der Waals surface area (Å²) >= 11 is 0. The van der Waals surface area contributed by atoms with Gasteiger partial charge >= 0.3 is 5.97 Å². The van der Waals surface area contributed by atoms with Gasteiger partial charge in [0.25, 0.3) is 0 Å². The van der Waals surface area contributed by atoms with Gasteiger partial charge in [-0.25, -0.2) is 0 Å². The molecule has 0 aliphatic carbocycles. The van der Waals surface area contributed by atoms with E-state index in [1.807, 2.05) is 45.0 Å². The monoisotopic (exact) mass is 530 g/mol. The number of piperidine rings is 1. The Hall–Kier alpha value is -1.84. The maximum atomic E-state index is 12.1. The number of ether oxygens (including phenoxy) is 1. The van der Waals surface area contributed by atoms with Crippen LogP contribution in [0.1, 0.15) is 45.6 Å². The number of halogens is 1. The molecule has 1 heterocycles. The van der Waals surface area contributed by atoms with E-state index in [2.05, 4.69) is 20.5 Å². The number of carbonyl (C=O) groups is 2. The summed E-state index contributed by atoms with van der Waals surface area (Å²) in [4.78, 5) is 30.6. The predicted molar refractivity (Wildman–Crippen MR) is 131 cm³/mol. The zero-order valence-corrected chi connectivity index (χ0v) is 20.8. The fourth-order valence-corrected chi connectivity index (χ4v) is 3.31. The minimum atomic E-state index is -0.0913. The number of amides is 1. The second-order valence-corrected chi connectivity index (χ2v) is 7.41. The van der Waals surface area contributed by atoms with E-state index in [1.165, 1.54) is 0 Å². The summed E-state index contributed by atoms with van der Waals surface area (Å²) in [5.74, 6) is 0.744. The average Bonchev–Trinajstić information content (AvgIpc) is 2.74. The van der Waals surface area contributed by atoms with Gasteiger partial charge in [-0.1, -0.05) is 26.0 Å². The number of carbonyl (C=O) groups excluding carboxylic acids is 2. The number of nitrogens with one attached hydrogen (secondary N) is 2. The van der Waals surface area contributed by atoms with Crippen molar-refractivity contribution in [2.45, 2.75) is 46.6 Å². The Morgan fingerprint density at radius 3 is 2.57 bits per heavy atom. The topological polar surface area (TPSA) is 83.0 Å². The predicted octanol–water partition coefficient (Wildman–Crippen LogP) is 3.64. The Labute approximate surface area is 197 Å². The molecule has 1 aliphatic rings. The highest BCUT2D eigenvalue weighted by Gasteiger charge is 2.27. The Morgan fingerprint density at radius 1 is 1.27 bits per heavy atom. The van der Waals surface area contributed by atoms with E-state index in [0.717, 1.165) is 49.6 Å². The number of rotatable bonds is 7. The van der Waals surface area contributed by atoms with Crippen LogP contribution < -0.4 is 10.6 Å². The molecular formula is C22H35IN4O3. The quantitative estimate of drug-likeness (QED) is 0.244. The second-order valence-electron chi connectivity index (χ2n) is 7.41. The maximum absolute atomic E-state index is 12.1. The number of esters is 1. The fraction of sp³-hybridized carbons (Fsp3) is 0.591. The number of likely N-dealkylation sites (tertiary alicyclic amines) is 1. The SMILES string of the molecule is CCOC(=O)C1CCN(C(=NC)NCc2cccc(NC(=O)C(C)CC)c2)CC1.I. The lowest BCUT2D eigenvalue weighted by atomic mass is 9.97. The lowest BCUT2D eigenvalue weighted by molar-refractivity contribution is -0.149. The molecule has 1 aliphatic heterocycles. The van der Waals surface area contributed by atoms with Crippen LogP contribution in [-0.4, -0.2) is 49.5 Å². The largest absolute Gasteiger partial charge is 0.466 e. The molecule has 2 rings (SSSR count). The third-order valence-electron chi connectivity index (χ3n) is 5.33. The standard InChI is InChI=1S/C22H34N4O3.HI/c1-5-16(3)20(27)25-19-9-7-8-17(14-19)15-24-22(23-4)26-12-10-18(11-13-26)21(28)29-6-2;/h7-9,14,16,18H,5-6,10-13,15H2,1-4H3,(H,23,24)(H,25,27);1H. The van der Waals surface area contributed by atoms with Crippen molar-refractivity contribution in [1.82, 2.24) is 10.2 Å². The molecule has 0 aromatic heterocycles. The van der Waals surface area contributed by atoms with E-state index in [4.69, 9.17) is 4.74 Å². The molecule has 2 N–H and O–H groups in total. The summed E-state index contributed by atoms with van der Waals surface area (Å²) in [7, 11) is 1.77. The van der Waals surface area contributed by atoms with Crippen molar-refractivity contribution in [2.24, 2.45) is 16.8 Å². The zero-order valence-electron chi connectivity index (χ0n) is 18.4. The molecule has 0 saturated carbocycles. The molecule has 7 nitrogen and oxygen atoms in total. The molecule has 8 heteroatoms. The van der Waals surface area contributed by atoms with Crippen molar-refractivity contribution >= 4 is 47.5 Å². The van der Waals surface area contributed by atoms with Crippen molar-refractivity contribution < 1.29 is 14.3 Å². The van der Waals surface area contributed by atoms with Crippen molar-refractivity contribution in [2.75, 3.05) is 32.1 Å². The molecule has 0 radical (unpaired) electrons. The molecule has 0 spiro atoms. The molecule has 1 atom stereocenters. The number of hydrogen-bond donors (Lipinski definition) is 2. The highest BCUT2D eigenvalue weighted by molar-refractivity contribution is 14.0. The molecule has 168 valence electrons. The van der Waals surface area contributed by atoms with Gasteiger partial charge in [0, 0.05) is 38.3 Å². The van der Waals surface area contributed by atoms with Gasteiger partial charge in [-0.15, -0.1) is 24.0 Å². The Bertz CT molecular complexity index is 718. The van der Waals surface area contributed by atoms with Gasteiger partial charge in [0.1, 0.15) is 0 Å². The molecule has 1 amide bonds. The van der Waals surface area contributed by atoms with Crippen LogP contribution in [0.5, 0.6) is 0 Å². The molecule has 1 unspecified atom stereocenters. The highest BCUT2D eigenvalue weighted by atomic mass is 127. The Kier molecular flexibility index (Phi) is 11.8. The van der Waals surface area contributed by atoms with E-state index in [1.54, 1.807) is 7.05 Å². The molecule has 1 aromatic carbocycles. The number of nitrogens with zero attached hydrogens (tertiary/aromatic N) is 2. The van der Waals surface area contributed by atoms with Crippen molar-refractivity contribution in [3.05, 3.63) is 29.8 Å². The summed E-state index contributed by atoms with van der Waals surface area (Å²) in [6.45, 7) is 8.35. The average molecular weight is 530 g/mol. The minimum Gasteiger partial charge on any atom is -0.466 e. The van der Waals surface area contributed by atoms with Crippen LogP contribution in [0, 0.1) is 11.8 Å². The number of benzene rings is 1. The van der Waals surface area contributed by atoms with E-state index in [0.29, 0.717) is 13.2 Å². The number of anilines is 1. The van der Waals surface area contributed by atoms with Gasteiger partial charge in [0.15, 0.2) is 5.96 Å². The third-order valence-corrected chi connectivity index (χ3v) is 5.33. The Balaban J connectivity index is 0.00000450. The summed E-state index contributed by atoms with van der Waals surface area (Å²) in [6.07, 6.45) is 2.36. The van der Waals surface area contributed by atoms with E-state index >= 15 is 0 Å². The first kappa shape index (κ1) is 26.2. The molecule has 1 saturated heterocycles. The first-order chi connectivity index (χ1) is 14.0. The smallest absolute Gasteiger partial charge is 0.309 e. The first-order valence-electron chi connectivity index (χ1n) is 10.5. The van der Waals surface area contributed by atoms with Crippen LogP contribution >= 0.6 is 24.0 Å². The normalized spacial score (nSPS) is 15.7. The maximum Gasteiger partial charge on any atom is 0.309 e. The first-order valence-corrected chi connectivity index (χ1v) is 10.5. The number of hydrogen-bond acceptors (Lipinski definition) is 4. The molecular weight excluding hydrogens is 495 g/mol. The lowest BCUT2D eigenvalue weighted by Crippen LogP contribution is -2.46. The Morgan fingerprint density at radius 2 is 1.97 bits per heavy atom. The van der Waals surface area contributed by atoms with Gasteiger partial charge in [0.2, 0.25) is 5.91 Å². The van der Waals surface area contributed by atoms with Crippen LogP contribution in [0.25, 0.3) is 0 Å². The number of guanidine groups is 1. The summed E-state index contributed by atoms with van der Waals surface area (Å²) in [5, 5.41) is 6.36. The summed E-state index contributed by atoms with van der Waals surface area (Å²) in [5.41, 5.74) is 1.87. The van der Waals surface area contributed by atoms with Crippen LogP contribution in [0.4, 0.5) is 5.69 Å². The summed E-state index contributed by atoms with van der Waals surface area (Å²) in [6, 6.07) is 7.84. The molecule has 0 bridgehead atoms. The third kappa shape index (κ3) is 7.77. The van der Waals surface area contributed by atoms with Gasteiger partial charge < -0.3 is 20.3 Å². The van der Waals surface area contributed by atoms with Crippen molar-refractivity contribution in [3.8, 4) is 0 Å².